The topological polar surface area (TPSA) is 68.5 Å². The minimum absolute atomic E-state index is 0.0616. The number of rotatable bonds is 5. The average Bonchev–Trinajstić information content (AvgIpc) is 2.55. The van der Waals surface area contributed by atoms with Crippen molar-refractivity contribution in [2.45, 2.75) is 6.92 Å². The SMILES string of the molecule is COc1cc(C#N)cc(Cl)c1OC(=O)COc1ccccc1C. The Morgan fingerprint density at radius 2 is 2.00 bits per heavy atom. The molecule has 6 heteroatoms. The molecule has 118 valence electrons. The molecule has 0 aromatic heterocycles. The number of halogens is 1. The quantitative estimate of drug-likeness (QED) is 0.619. The van der Waals surface area contributed by atoms with Crippen molar-refractivity contribution in [1.82, 2.24) is 0 Å². The summed E-state index contributed by atoms with van der Waals surface area (Å²) in [5.41, 5.74) is 1.22. The highest BCUT2D eigenvalue weighted by molar-refractivity contribution is 6.32. The van der Waals surface area contributed by atoms with Gasteiger partial charge < -0.3 is 14.2 Å². The number of nitrogens with zero attached hydrogens (tertiary/aromatic N) is 1. The number of hydrogen-bond donors (Lipinski definition) is 0. The van der Waals surface area contributed by atoms with E-state index in [1.54, 1.807) is 6.07 Å². The zero-order valence-electron chi connectivity index (χ0n) is 12.6. The zero-order valence-corrected chi connectivity index (χ0v) is 13.4. The Balaban J connectivity index is 2.09. The number of para-hydroxylation sites is 1. The summed E-state index contributed by atoms with van der Waals surface area (Å²) in [4.78, 5) is 11.9. The number of carbonyl (C=O) groups excluding carboxylic acids is 1. The van der Waals surface area contributed by atoms with Gasteiger partial charge in [0.05, 0.1) is 23.8 Å². The van der Waals surface area contributed by atoms with E-state index in [0.29, 0.717) is 11.3 Å². The summed E-state index contributed by atoms with van der Waals surface area (Å²) in [7, 11) is 1.40. The van der Waals surface area contributed by atoms with E-state index in [4.69, 9.17) is 31.1 Å². The third-order valence-electron chi connectivity index (χ3n) is 3.01. The van der Waals surface area contributed by atoms with Crippen LogP contribution in [-0.2, 0) is 4.79 Å². The predicted octanol–water partition coefficient (Wildman–Crippen LogP) is 3.51. The molecule has 5 nitrogen and oxygen atoms in total. The van der Waals surface area contributed by atoms with Gasteiger partial charge >= 0.3 is 5.97 Å². The van der Waals surface area contributed by atoms with Crippen LogP contribution in [0.1, 0.15) is 11.1 Å². The minimum Gasteiger partial charge on any atom is -0.493 e. The predicted molar refractivity (Wildman–Crippen MR) is 85.0 cm³/mol. The van der Waals surface area contributed by atoms with Gasteiger partial charge in [-0.25, -0.2) is 4.79 Å². The first kappa shape index (κ1) is 16.7. The van der Waals surface area contributed by atoms with E-state index < -0.39 is 5.97 Å². The number of methoxy groups -OCH3 is 1. The molecule has 0 aliphatic rings. The molecule has 2 aromatic rings. The van der Waals surface area contributed by atoms with Crippen LogP contribution in [0.25, 0.3) is 0 Å². The van der Waals surface area contributed by atoms with E-state index in [0.717, 1.165) is 5.56 Å². The Kier molecular flexibility index (Phi) is 5.45. The largest absolute Gasteiger partial charge is 0.493 e. The van der Waals surface area contributed by atoms with Gasteiger partial charge in [-0.05, 0) is 24.6 Å². The summed E-state index contributed by atoms with van der Waals surface area (Å²) in [6.45, 7) is 1.60. The molecule has 0 aliphatic heterocycles. The lowest BCUT2D eigenvalue weighted by Gasteiger charge is -2.12. The zero-order chi connectivity index (χ0) is 16.8. The molecule has 2 rings (SSSR count). The molecule has 0 amide bonds. The fraction of sp³-hybridized carbons (Fsp3) is 0.176. The standard InChI is InChI=1S/C17H14ClNO4/c1-11-5-3-4-6-14(11)22-10-16(20)23-17-13(18)7-12(9-19)8-15(17)21-2/h3-8H,10H2,1-2H3. The lowest BCUT2D eigenvalue weighted by Crippen LogP contribution is -2.18. The number of ether oxygens (including phenoxy) is 3. The Hall–Kier alpha value is -2.71. The monoisotopic (exact) mass is 331 g/mol. The Morgan fingerprint density at radius 1 is 1.26 bits per heavy atom. The summed E-state index contributed by atoms with van der Waals surface area (Å²) in [6, 6.07) is 12.1. The van der Waals surface area contributed by atoms with Gasteiger partial charge in [-0.2, -0.15) is 5.26 Å². The van der Waals surface area contributed by atoms with Crippen LogP contribution in [0.2, 0.25) is 5.02 Å². The van der Waals surface area contributed by atoms with Crippen molar-refractivity contribution >= 4 is 17.6 Å². The Morgan fingerprint density at radius 3 is 2.65 bits per heavy atom. The van der Waals surface area contributed by atoms with Crippen molar-refractivity contribution in [3.05, 3.63) is 52.5 Å². The van der Waals surface area contributed by atoms with Crippen molar-refractivity contribution in [2.24, 2.45) is 0 Å². The van der Waals surface area contributed by atoms with Crippen LogP contribution in [0, 0.1) is 18.3 Å². The van der Waals surface area contributed by atoms with Gasteiger partial charge in [-0.3, -0.25) is 0 Å². The first-order valence-corrected chi connectivity index (χ1v) is 7.09. The highest BCUT2D eigenvalue weighted by Crippen LogP contribution is 2.36. The highest BCUT2D eigenvalue weighted by Gasteiger charge is 2.16. The summed E-state index contributed by atoms with van der Waals surface area (Å²) in [5.74, 6) is 0.241. The van der Waals surface area contributed by atoms with Crippen LogP contribution in [0.5, 0.6) is 17.2 Å². The number of aryl methyl sites for hydroxylation is 1. The highest BCUT2D eigenvalue weighted by atomic mass is 35.5. The van der Waals surface area contributed by atoms with Gasteiger partial charge in [-0.1, -0.05) is 29.8 Å². The molecule has 23 heavy (non-hydrogen) atoms. The molecule has 0 saturated heterocycles. The molecule has 0 radical (unpaired) electrons. The number of benzene rings is 2. The molecule has 2 aromatic carbocycles. The molecule has 0 heterocycles. The summed E-state index contributed by atoms with van der Waals surface area (Å²) in [5, 5.41) is 9.01. The van der Waals surface area contributed by atoms with Gasteiger partial charge in [0.25, 0.3) is 0 Å². The van der Waals surface area contributed by atoms with E-state index in [1.165, 1.54) is 19.2 Å². The van der Waals surface area contributed by atoms with Crippen LogP contribution >= 0.6 is 11.6 Å². The molecule has 0 atom stereocenters. The fourth-order valence-electron chi connectivity index (χ4n) is 1.88. The number of esters is 1. The Labute approximate surface area is 139 Å². The smallest absolute Gasteiger partial charge is 0.349 e. The Bertz CT molecular complexity index is 768. The van der Waals surface area contributed by atoms with Crippen LogP contribution < -0.4 is 14.2 Å². The third-order valence-corrected chi connectivity index (χ3v) is 3.29. The second-order valence-electron chi connectivity index (χ2n) is 4.63. The van der Waals surface area contributed by atoms with Crippen molar-refractivity contribution in [3.8, 4) is 23.3 Å². The normalized spacial score (nSPS) is 9.83. The van der Waals surface area contributed by atoms with E-state index in [1.807, 2.05) is 31.2 Å². The van der Waals surface area contributed by atoms with Crippen LogP contribution in [0.15, 0.2) is 36.4 Å². The molecule has 0 spiro atoms. The van der Waals surface area contributed by atoms with Gasteiger partial charge in [0, 0.05) is 6.07 Å². The maximum atomic E-state index is 11.9. The molecular formula is C17H14ClNO4. The third kappa shape index (κ3) is 4.15. The summed E-state index contributed by atoms with van der Waals surface area (Å²) < 4.78 is 15.7. The molecule has 0 fully saturated rings. The van der Waals surface area contributed by atoms with Crippen molar-refractivity contribution in [3.63, 3.8) is 0 Å². The maximum absolute atomic E-state index is 11.9. The van der Waals surface area contributed by atoms with E-state index >= 15 is 0 Å². The molecule has 0 bridgehead atoms. The second kappa shape index (κ2) is 7.52. The van der Waals surface area contributed by atoms with Crippen molar-refractivity contribution in [1.29, 1.82) is 5.26 Å². The number of carbonyl (C=O) groups is 1. The summed E-state index contributed by atoms with van der Waals surface area (Å²) >= 11 is 6.03. The van der Waals surface area contributed by atoms with Crippen LogP contribution in [0.3, 0.4) is 0 Å². The maximum Gasteiger partial charge on any atom is 0.349 e. The van der Waals surface area contributed by atoms with E-state index in [2.05, 4.69) is 0 Å². The van der Waals surface area contributed by atoms with Crippen LogP contribution in [0.4, 0.5) is 0 Å². The van der Waals surface area contributed by atoms with E-state index in [-0.39, 0.29) is 23.1 Å². The lowest BCUT2D eigenvalue weighted by atomic mass is 10.2. The first-order chi connectivity index (χ1) is 11.0. The average molecular weight is 332 g/mol. The van der Waals surface area contributed by atoms with Gasteiger partial charge in [0.1, 0.15) is 5.75 Å². The van der Waals surface area contributed by atoms with Gasteiger partial charge in [0.15, 0.2) is 18.1 Å². The molecule has 0 aliphatic carbocycles. The molecule has 0 N–H and O–H groups in total. The molecular weight excluding hydrogens is 318 g/mol. The van der Waals surface area contributed by atoms with Crippen LogP contribution in [-0.4, -0.2) is 19.7 Å². The molecule has 0 unspecified atom stereocenters. The van der Waals surface area contributed by atoms with Crippen molar-refractivity contribution < 1.29 is 19.0 Å². The second-order valence-corrected chi connectivity index (χ2v) is 5.04. The summed E-state index contributed by atoms with van der Waals surface area (Å²) in [6.07, 6.45) is 0. The van der Waals surface area contributed by atoms with Crippen molar-refractivity contribution in [2.75, 3.05) is 13.7 Å². The number of hydrogen-bond acceptors (Lipinski definition) is 5. The lowest BCUT2D eigenvalue weighted by molar-refractivity contribution is -0.136. The van der Waals surface area contributed by atoms with Gasteiger partial charge in [0.2, 0.25) is 0 Å². The van der Waals surface area contributed by atoms with Gasteiger partial charge in [-0.15, -0.1) is 0 Å². The molecule has 0 saturated carbocycles. The van der Waals surface area contributed by atoms with E-state index in [9.17, 15) is 4.79 Å². The fourth-order valence-corrected chi connectivity index (χ4v) is 2.13. The first-order valence-electron chi connectivity index (χ1n) is 6.72. The minimum atomic E-state index is -0.627. The number of nitriles is 1.